The molecule has 0 N–H and O–H groups in total. The van der Waals surface area contributed by atoms with Crippen molar-refractivity contribution in [3.63, 3.8) is 0 Å². The van der Waals surface area contributed by atoms with Gasteiger partial charge < -0.3 is 0 Å². The molecule has 0 saturated heterocycles. The summed E-state index contributed by atoms with van der Waals surface area (Å²) in [7, 11) is 0. The van der Waals surface area contributed by atoms with E-state index in [-0.39, 0.29) is 0 Å². The van der Waals surface area contributed by atoms with Crippen LogP contribution in [0.3, 0.4) is 0 Å². The van der Waals surface area contributed by atoms with E-state index < -0.39 is 0 Å². The summed E-state index contributed by atoms with van der Waals surface area (Å²) >= 11 is 0. The van der Waals surface area contributed by atoms with Crippen LogP contribution in [-0.2, 0) is 0 Å². The molecule has 0 aromatic heterocycles. The summed E-state index contributed by atoms with van der Waals surface area (Å²) in [6, 6.07) is 0. The SMILES string of the molecule is C=C/C=C(\C=C)C(C)C. The topological polar surface area (TPSA) is 0 Å². The van der Waals surface area contributed by atoms with E-state index in [2.05, 4.69) is 27.0 Å². The molecule has 0 aliphatic rings. The van der Waals surface area contributed by atoms with Crippen LogP contribution in [0.25, 0.3) is 0 Å². The molecule has 50 valence electrons. The summed E-state index contributed by atoms with van der Waals surface area (Å²) in [4.78, 5) is 0. The van der Waals surface area contributed by atoms with Crippen LogP contribution in [0.4, 0.5) is 0 Å². The zero-order valence-corrected chi connectivity index (χ0v) is 6.22. The highest BCUT2D eigenvalue weighted by molar-refractivity contribution is 5.22. The molecule has 0 aliphatic heterocycles. The van der Waals surface area contributed by atoms with Gasteiger partial charge in [0, 0.05) is 0 Å². The molecule has 0 aromatic rings. The third kappa shape index (κ3) is 2.91. The number of hydrogen-bond donors (Lipinski definition) is 0. The quantitative estimate of drug-likeness (QED) is 0.505. The molecule has 0 atom stereocenters. The van der Waals surface area contributed by atoms with Crippen LogP contribution in [0.2, 0.25) is 0 Å². The first-order valence-electron chi connectivity index (χ1n) is 3.17. The van der Waals surface area contributed by atoms with Crippen molar-refractivity contribution in [2.45, 2.75) is 13.8 Å². The molecule has 0 bridgehead atoms. The van der Waals surface area contributed by atoms with Crippen molar-refractivity contribution >= 4 is 0 Å². The lowest BCUT2D eigenvalue weighted by molar-refractivity contribution is 0.792. The van der Waals surface area contributed by atoms with E-state index >= 15 is 0 Å². The maximum Gasteiger partial charge on any atom is -0.0219 e. The van der Waals surface area contributed by atoms with Gasteiger partial charge in [-0.15, -0.1) is 0 Å². The second kappa shape index (κ2) is 4.13. The van der Waals surface area contributed by atoms with Crippen LogP contribution >= 0.6 is 0 Å². The molecule has 0 rings (SSSR count). The minimum atomic E-state index is 0.556. The Morgan fingerprint density at radius 2 is 1.89 bits per heavy atom. The van der Waals surface area contributed by atoms with Crippen LogP contribution < -0.4 is 0 Å². The summed E-state index contributed by atoms with van der Waals surface area (Å²) in [5.41, 5.74) is 1.24. The fourth-order valence-electron chi connectivity index (χ4n) is 0.632. The molecule has 0 fully saturated rings. The molecule has 0 amide bonds. The third-order valence-electron chi connectivity index (χ3n) is 1.21. The number of rotatable bonds is 3. The molecule has 0 heterocycles. The van der Waals surface area contributed by atoms with Crippen molar-refractivity contribution in [3.05, 3.63) is 37.0 Å². The van der Waals surface area contributed by atoms with E-state index in [0.29, 0.717) is 5.92 Å². The highest BCUT2D eigenvalue weighted by Gasteiger charge is 1.94. The van der Waals surface area contributed by atoms with E-state index in [4.69, 9.17) is 0 Å². The first kappa shape index (κ1) is 8.22. The minimum absolute atomic E-state index is 0.556. The highest BCUT2D eigenvalue weighted by atomic mass is 14.0. The molecule has 9 heavy (non-hydrogen) atoms. The van der Waals surface area contributed by atoms with Crippen molar-refractivity contribution in [2.75, 3.05) is 0 Å². The van der Waals surface area contributed by atoms with Gasteiger partial charge in [0.15, 0.2) is 0 Å². The summed E-state index contributed by atoms with van der Waals surface area (Å²) in [6.07, 6.45) is 5.64. The van der Waals surface area contributed by atoms with Gasteiger partial charge >= 0.3 is 0 Å². The lowest BCUT2D eigenvalue weighted by Crippen LogP contribution is -1.87. The average molecular weight is 122 g/mol. The second-order valence-electron chi connectivity index (χ2n) is 2.26. The smallest absolute Gasteiger partial charge is 0.0219 e. The third-order valence-corrected chi connectivity index (χ3v) is 1.21. The van der Waals surface area contributed by atoms with Crippen molar-refractivity contribution in [2.24, 2.45) is 5.92 Å². The Hall–Kier alpha value is -0.780. The zero-order chi connectivity index (χ0) is 7.28. The average Bonchev–Trinajstić information content (AvgIpc) is 1.82. The van der Waals surface area contributed by atoms with E-state index in [1.807, 2.05) is 12.2 Å². The number of allylic oxidation sites excluding steroid dienone is 4. The normalized spacial score (nSPS) is 11.7. The van der Waals surface area contributed by atoms with Crippen molar-refractivity contribution < 1.29 is 0 Å². The monoisotopic (exact) mass is 122 g/mol. The van der Waals surface area contributed by atoms with E-state index in [1.54, 1.807) is 6.08 Å². The summed E-state index contributed by atoms with van der Waals surface area (Å²) < 4.78 is 0. The molecule has 0 nitrogen and oxygen atoms in total. The Morgan fingerprint density at radius 1 is 1.33 bits per heavy atom. The highest BCUT2D eigenvalue weighted by Crippen LogP contribution is 2.09. The van der Waals surface area contributed by atoms with Crippen molar-refractivity contribution in [3.8, 4) is 0 Å². The predicted molar refractivity (Wildman–Crippen MR) is 43.3 cm³/mol. The molecule has 0 aliphatic carbocycles. The standard InChI is InChI=1S/C9H14/c1-5-7-9(6-2)8(3)4/h5-8H,1-2H2,3-4H3/b9-7+. The van der Waals surface area contributed by atoms with Gasteiger partial charge in [0.1, 0.15) is 0 Å². The minimum Gasteiger partial charge on any atom is -0.0991 e. The summed E-state index contributed by atoms with van der Waals surface area (Å²) in [5, 5.41) is 0. The summed E-state index contributed by atoms with van der Waals surface area (Å²) in [6.45, 7) is 11.6. The first-order valence-corrected chi connectivity index (χ1v) is 3.17. The second-order valence-corrected chi connectivity index (χ2v) is 2.26. The van der Waals surface area contributed by atoms with Gasteiger partial charge in [-0.05, 0) is 11.5 Å². The number of hydrogen-bond acceptors (Lipinski definition) is 0. The van der Waals surface area contributed by atoms with E-state index in [9.17, 15) is 0 Å². The van der Waals surface area contributed by atoms with Crippen LogP contribution in [0, 0.1) is 5.92 Å². The molecule has 0 aromatic carbocycles. The van der Waals surface area contributed by atoms with Gasteiger partial charge in [0.25, 0.3) is 0 Å². The van der Waals surface area contributed by atoms with Crippen LogP contribution in [-0.4, -0.2) is 0 Å². The molecule has 0 unspecified atom stereocenters. The lowest BCUT2D eigenvalue weighted by Gasteiger charge is -2.02. The van der Waals surface area contributed by atoms with Gasteiger partial charge in [-0.25, -0.2) is 0 Å². The maximum atomic E-state index is 3.68. The molecule has 0 saturated carbocycles. The fraction of sp³-hybridized carbons (Fsp3) is 0.333. The maximum absolute atomic E-state index is 3.68. The van der Waals surface area contributed by atoms with Gasteiger partial charge in [-0.1, -0.05) is 45.2 Å². The molecule has 0 heteroatoms. The van der Waals surface area contributed by atoms with Crippen LogP contribution in [0.1, 0.15) is 13.8 Å². The van der Waals surface area contributed by atoms with Crippen molar-refractivity contribution in [1.29, 1.82) is 0 Å². The molecule has 0 radical (unpaired) electrons. The Morgan fingerprint density at radius 3 is 2.00 bits per heavy atom. The molecular weight excluding hydrogens is 108 g/mol. The summed E-state index contributed by atoms with van der Waals surface area (Å²) in [5.74, 6) is 0.556. The molecule has 0 spiro atoms. The lowest BCUT2D eigenvalue weighted by atomic mass is 10.0. The van der Waals surface area contributed by atoms with Gasteiger partial charge in [0.05, 0.1) is 0 Å². The predicted octanol–water partition coefficient (Wildman–Crippen LogP) is 2.94. The van der Waals surface area contributed by atoms with Gasteiger partial charge in [-0.2, -0.15) is 0 Å². The Bertz CT molecular complexity index is 127. The van der Waals surface area contributed by atoms with Crippen LogP contribution in [0.15, 0.2) is 37.0 Å². The Balaban J connectivity index is 4.13. The zero-order valence-electron chi connectivity index (χ0n) is 6.22. The van der Waals surface area contributed by atoms with Crippen LogP contribution in [0.5, 0.6) is 0 Å². The Labute approximate surface area is 57.6 Å². The largest absolute Gasteiger partial charge is 0.0991 e. The van der Waals surface area contributed by atoms with Crippen molar-refractivity contribution in [1.82, 2.24) is 0 Å². The Kier molecular flexibility index (Phi) is 3.78. The van der Waals surface area contributed by atoms with E-state index in [0.717, 1.165) is 0 Å². The first-order chi connectivity index (χ1) is 4.22. The fourth-order valence-corrected chi connectivity index (χ4v) is 0.632. The van der Waals surface area contributed by atoms with Gasteiger partial charge in [-0.3, -0.25) is 0 Å². The van der Waals surface area contributed by atoms with Gasteiger partial charge in [0.2, 0.25) is 0 Å². The van der Waals surface area contributed by atoms with E-state index in [1.165, 1.54) is 5.57 Å². The molecular formula is C9H14.